The lowest BCUT2D eigenvalue weighted by Gasteiger charge is -2.16. The van der Waals surface area contributed by atoms with E-state index in [0.29, 0.717) is 5.75 Å². The van der Waals surface area contributed by atoms with Gasteiger partial charge in [0.1, 0.15) is 5.75 Å². The minimum atomic E-state index is -0.804. The van der Waals surface area contributed by atoms with Crippen molar-refractivity contribution in [1.82, 2.24) is 5.32 Å². The summed E-state index contributed by atoms with van der Waals surface area (Å²) in [7, 11) is 1.08. The molecule has 17 heavy (non-hydrogen) atoms. The molecule has 0 aliphatic rings. The van der Waals surface area contributed by atoms with E-state index in [1.54, 1.807) is 6.26 Å². The number of hydrogen-bond donors (Lipinski definition) is 1. The van der Waals surface area contributed by atoms with Crippen molar-refractivity contribution in [2.45, 2.75) is 26.0 Å². The molecule has 3 nitrogen and oxygen atoms in total. The van der Waals surface area contributed by atoms with E-state index in [2.05, 4.69) is 5.32 Å². The van der Waals surface area contributed by atoms with Crippen molar-refractivity contribution in [1.29, 1.82) is 0 Å². The standard InChI is InChI=1S/C13H21NO2S/c1-10(2)16-12-7-5-11(6-8-12)13(14-3)9-17(4)15/h5-8,10,13-14H,9H2,1-4H3. The Kier molecular flexibility index (Phi) is 5.65. The quantitative estimate of drug-likeness (QED) is 0.846. The Labute approximate surface area is 106 Å². The smallest absolute Gasteiger partial charge is 0.119 e. The van der Waals surface area contributed by atoms with Crippen molar-refractivity contribution in [2.75, 3.05) is 19.1 Å². The second kappa shape index (κ2) is 6.77. The molecule has 0 fully saturated rings. The van der Waals surface area contributed by atoms with E-state index in [1.165, 1.54) is 0 Å². The summed E-state index contributed by atoms with van der Waals surface area (Å²) < 4.78 is 16.8. The fourth-order valence-electron chi connectivity index (χ4n) is 1.63. The van der Waals surface area contributed by atoms with Gasteiger partial charge in [-0.25, -0.2) is 0 Å². The average Bonchev–Trinajstić information content (AvgIpc) is 2.26. The molecule has 0 radical (unpaired) electrons. The van der Waals surface area contributed by atoms with Gasteiger partial charge in [-0.15, -0.1) is 0 Å². The number of ether oxygens (including phenoxy) is 1. The maximum absolute atomic E-state index is 11.2. The van der Waals surface area contributed by atoms with Gasteiger partial charge < -0.3 is 10.1 Å². The normalized spacial score (nSPS) is 14.6. The van der Waals surface area contributed by atoms with Crippen LogP contribution in [0.4, 0.5) is 0 Å². The Bertz CT molecular complexity index is 362. The highest BCUT2D eigenvalue weighted by atomic mass is 32.2. The molecule has 0 aliphatic heterocycles. The van der Waals surface area contributed by atoms with E-state index in [9.17, 15) is 4.21 Å². The molecule has 1 N–H and O–H groups in total. The molecule has 4 heteroatoms. The predicted octanol–water partition coefficient (Wildman–Crippen LogP) is 2.11. The Morgan fingerprint density at radius 1 is 1.29 bits per heavy atom. The van der Waals surface area contributed by atoms with E-state index < -0.39 is 10.8 Å². The van der Waals surface area contributed by atoms with Crippen LogP contribution >= 0.6 is 0 Å². The third kappa shape index (κ3) is 4.88. The Morgan fingerprint density at radius 2 is 1.88 bits per heavy atom. The first kappa shape index (κ1) is 14.2. The summed E-state index contributed by atoms with van der Waals surface area (Å²) >= 11 is 0. The summed E-state index contributed by atoms with van der Waals surface area (Å²) in [4.78, 5) is 0. The lowest BCUT2D eigenvalue weighted by atomic mass is 10.1. The van der Waals surface area contributed by atoms with Gasteiger partial charge in [-0.1, -0.05) is 12.1 Å². The zero-order chi connectivity index (χ0) is 12.8. The zero-order valence-corrected chi connectivity index (χ0v) is 11.7. The number of hydrogen-bond acceptors (Lipinski definition) is 3. The van der Waals surface area contributed by atoms with Crippen molar-refractivity contribution in [3.8, 4) is 5.75 Å². The minimum Gasteiger partial charge on any atom is -0.491 e. The highest BCUT2D eigenvalue weighted by Crippen LogP contribution is 2.19. The monoisotopic (exact) mass is 255 g/mol. The van der Waals surface area contributed by atoms with E-state index in [-0.39, 0.29) is 12.1 Å². The fraction of sp³-hybridized carbons (Fsp3) is 0.538. The fourth-order valence-corrected chi connectivity index (χ4v) is 2.46. The average molecular weight is 255 g/mol. The van der Waals surface area contributed by atoms with Crippen LogP contribution in [0, 0.1) is 0 Å². The molecule has 0 bridgehead atoms. The van der Waals surface area contributed by atoms with Gasteiger partial charge in [-0.2, -0.15) is 0 Å². The molecule has 0 aliphatic carbocycles. The minimum absolute atomic E-state index is 0.133. The van der Waals surface area contributed by atoms with Crippen LogP contribution in [0.1, 0.15) is 25.5 Å². The molecule has 1 rings (SSSR count). The molecule has 0 saturated heterocycles. The SMILES string of the molecule is CNC(CS(C)=O)c1ccc(OC(C)C)cc1. The van der Waals surface area contributed by atoms with Gasteiger partial charge in [0, 0.05) is 28.9 Å². The summed E-state index contributed by atoms with van der Waals surface area (Å²) in [5, 5.41) is 3.18. The van der Waals surface area contributed by atoms with Crippen LogP contribution in [-0.4, -0.2) is 29.4 Å². The summed E-state index contributed by atoms with van der Waals surface area (Å²) in [5.41, 5.74) is 1.14. The van der Waals surface area contributed by atoms with Crippen LogP contribution in [0.3, 0.4) is 0 Å². The van der Waals surface area contributed by atoms with Crippen LogP contribution in [0.15, 0.2) is 24.3 Å². The zero-order valence-electron chi connectivity index (χ0n) is 10.9. The van der Waals surface area contributed by atoms with Crippen LogP contribution in [-0.2, 0) is 10.8 Å². The molecule has 0 spiro atoms. The first-order chi connectivity index (χ1) is 8.02. The highest BCUT2D eigenvalue weighted by molar-refractivity contribution is 7.84. The van der Waals surface area contributed by atoms with Crippen LogP contribution in [0.25, 0.3) is 0 Å². The van der Waals surface area contributed by atoms with Gasteiger partial charge >= 0.3 is 0 Å². The molecule has 1 aromatic carbocycles. The van der Waals surface area contributed by atoms with E-state index in [1.807, 2.05) is 45.2 Å². The Hall–Kier alpha value is -0.870. The molecule has 0 amide bonds. The van der Waals surface area contributed by atoms with Gasteiger partial charge in [0.25, 0.3) is 0 Å². The maximum Gasteiger partial charge on any atom is 0.119 e. The van der Waals surface area contributed by atoms with Gasteiger partial charge in [0.15, 0.2) is 0 Å². The first-order valence-electron chi connectivity index (χ1n) is 5.77. The van der Waals surface area contributed by atoms with Crippen molar-refractivity contribution >= 4 is 10.8 Å². The summed E-state index contributed by atoms with van der Waals surface area (Å²) in [6, 6.07) is 8.09. The summed E-state index contributed by atoms with van der Waals surface area (Å²) in [5.74, 6) is 1.50. The largest absolute Gasteiger partial charge is 0.491 e. The van der Waals surface area contributed by atoms with Crippen molar-refractivity contribution in [3.05, 3.63) is 29.8 Å². The topological polar surface area (TPSA) is 38.3 Å². The predicted molar refractivity (Wildman–Crippen MR) is 72.9 cm³/mol. The van der Waals surface area contributed by atoms with Gasteiger partial charge in [-0.05, 0) is 38.6 Å². The molecule has 2 atom stereocenters. The second-order valence-corrected chi connectivity index (χ2v) is 5.80. The number of benzene rings is 1. The Morgan fingerprint density at radius 3 is 2.29 bits per heavy atom. The lowest BCUT2D eigenvalue weighted by Crippen LogP contribution is -2.22. The van der Waals surface area contributed by atoms with Gasteiger partial charge in [0.05, 0.1) is 6.10 Å². The number of nitrogens with one attached hydrogen (secondary N) is 1. The summed E-state index contributed by atoms with van der Waals surface area (Å²) in [6.45, 7) is 4.01. The van der Waals surface area contributed by atoms with Crippen molar-refractivity contribution < 1.29 is 8.95 Å². The van der Waals surface area contributed by atoms with E-state index in [4.69, 9.17) is 4.74 Å². The second-order valence-electron chi connectivity index (χ2n) is 4.32. The molecule has 96 valence electrons. The van der Waals surface area contributed by atoms with Crippen LogP contribution < -0.4 is 10.1 Å². The molecule has 0 heterocycles. The van der Waals surface area contributed by atoms with E-state index >= 15 is 0 Å². The Balaban J connectivity index is 2.74. The third-order valence-electron chi connectivity index (χ3n) is 2.40. The molecular formula is C13H21NO2S. The molecular weight excluding hydrogens is 234 g/mol. The van der Waals surface area contributed by atoms with E-state index in [0.717, 1.165) is 11.3 Å². The summed E-state index contributed by atoms with van der Waals surface area (Å²) in [6.07, 6.45) is 1.91. The van der Waals surface area contributed by atoms with Crippen LogP contribution in [0.5, 0.6) is 5.75 Å². The number of rotatable bonds is 6. The van der Waals surface area contributed by atoms with Gasteiger partial charge in [-0.3, -0.25) is 4.21 Å². The first-order valence-corrected chi connectivity index (χ1v) is 7.49. The molecule has 0 aromatic heterocycles. The molecule has 0 saturated carbocycles. The van der Waals surface area contributed by atoms with Crippen LogP contribution in [0.2, 0.25) is 0 Å². The van der Waals surface area contributed by atoms with Gasteiger partial charge in [0.2, 0.25) is 0 Å². The lowest BCUT2D eigenvalue weighted by molar-refractivity contribution is 0.242. The molecule has 1 aromatic rings. The highest BCUT2D eigenvalue weighted by Gasteiger charge is 2.11. The van der Waals surface area contributed by atoms with Crippen molar-refractivity contribution in [3.63, 3.8) is 0 Å². The maximum atomic E-state index is 11.2. The van der Waals surface area contributed by atoms with Crippen molar-refractivity contribution in [2.24, 2.45) is 0 Å². The molecule has 2 unspecified atom stereocenters. The third-order valence-corrected chi connectivity index (χ3v) is 3.21.